The van der Waals surface area contributed by atoms with Crippen LogP contribution in [0.2, 0.25) is 5.02 Å². The van der Waals surface area contributed by atoms with Gasteiger partial charge in [-0.1, -0.05) is 41.7 Å². The molecule has 6 heteroatoms. The molecular weight excluding hydrogens is 314 g/mol. The fraction of sp³-hybridized carbons (Fsp3) is 0.353. The third kappa shape index (κ3) is 3.62. The van der Waals surface area contributed by atoms with Gasteiger partial charge in [-0.05, 0) is 36.6 Å². The van der Waals surface area contributed by atoms with Crippen molar-refractivity contribution in [2.45, 2.75) is 38.1 Å². The van der Waals surface area contributed by atoms with Crippen LogP contribution in [0, 0.1) is 6.92 Å². The highest BCUT2D eigenvalue weighted by atomic mass is 35.5. The summed E-state index contributed by atoms with van der Waals surface area (Å²) in [4.78, 5) is 16.6. The summed E-state index contributed by atoms with van der Waals surface area (Å²) in [5.41, 5.74) is 0.358. The first-order valence-electron chi connectivity index (χ1n) is 7.64. The molecule has 23 heavy (non-hydrogen) atoms. The molecule has 0 unspecified atom stereocenters. The molecule has 1 aromatic carbocycles. The van der Waals surface area contributed by atoms with Crippen LogP contribution in [0.4, 0.5) is 0 Å². The number of halogens is 1. The Labute approximate surface area is 139 Å². The Morgan fingerprint density at radius 3 is 2.83 bits per heavy atom. The maximum Gasteiger partial charge on any atom is 0.244 e. The number of aromatic nitrogens is 2. The van der Waals surface area contributed by atoms with Crippen LogP contribution in [0.3, 0.4) is 0 Å². The predicted octanol–water partition coefficient (Wildman–Crippen LogP) is 3.63. The Morgan fingerprint density at radius 2 is 2.17 bits per heavy atom. The fourth-order valence-electron chi connectivity index (χ4n) is 2.94. The zero-order valence-corrected chi connectivity index (χ0v) is 13.6. The number of hydrogen-bond acceptors (Lipinski definition) is 4. The topological polar surface area (TPSA) is 68.0 Å². The number of nitrogens with zero attached hydrogens (tertiary/aromatic N) is 2. The van der Waals surface area contributed by atoms with Crippen LogP contribution in [0.5, 0.6) is 0 Å². The second kappa shape index (κ2) is 6.54. The van der Waals surface area contributed by atoms with Gasteiger partial charge in [0.05, 0.1) is 0 Å². The number of aryl methyl sites for hydroxylation is 1. The van der Waals surface area contributed by atoms with E-state index in [1.54, 1.807) is 25.1 Å². The summed E-state index contributed by atoms with van der Waals surface area (Å²) in [6.45, 7) is 1.75. The van der Waals surface area contributed by atoms with Crippen LogP contribution < -0.4 is 5.32 Å². The normalized spacial score (nSPS) is 16.8. The van der Waals surface area contributed by atoms with Gasteiger partial charge in [-0.25, -0.2) is 0 Å². The van der Waals surface area contributed by atoms with Crippen molar-refractivity contribution in [3.05, 3.63) is 52.6 Å². The van der Waals surface area contributed by atoms with Gasteiger partial charge < -0.3 is 9.84 Å². The van der Waals surface area contributed by atoms with E-state index in [-0.39, 0.29) is 5.91 Å². The van der Waals surface area contributed by atoms with Crippen molar-refractivity contribution in [2.75, 3.05) is 0 Å². The Morgan fingerprint density at radius 1 is 1.39 bits per heavy atom. The van der Waals surface area contributed by atoms with E-state index in [1.165, 1.54) is 6.08 Å². The molecule has 0 bridgehead atoms. The van der Waals surface area contributed by atoms with E-state index in [4.69, 9.17) is 16.1 Å². The van der Waals surface area contributed by atoms with Gasteiger partial charge in [0, 0.05) is 18.0 Å². The number of nitrogens with one attached hydrogen (secondary N) is 1. The zero-order chi connectivity index (χ0) is 16.3. The molecule has 5 nitrogen and oxygen atoms in total. The van der Waals surface area contributed by atoms with E-state index >= 15 is 0 Å². The average Bonchev–Trinajstić information content (AvgIpc) is 3.15. The van der Waals surface area contributed by atoms with Crippen LogP contribution in [0.1, 0.15) is 43.0 Å². The van der Waals surface area contributed by atoms with E-state index in [1.807, 2.05) is 12.1 Å². The lowest BCUT2D eigenvalue weighted by Gasteiger charge is -2.25. The fourth-order valence-corrected chi connectivity index (χ4v) is 3.14. The molecule has 3 rings (SSSR count). The Bertz CT molecular complexity index is 733. The SMILES string of the molecule is Cc1nc(C2(NC(=O)/C=C/c3cccc(Cl)c3)CCCC2)no1. The second-order valence-corrected chi connectivity index (χ2v) is 6.24. The third-order valence-corrected chi connectivity index (χ3v) is 4.29. The number of carbonyl (C=O) groups is 1. The highest BCUT2D eigenvalue weighted by Gasteiger charge is 2.40. The van der Waals surface area contributed by atoms with E-state index in [9.17, 15) is 4.79 Å². The minimum Gasteiger partial charge on any atom is -0.340 e. The molecule has 1 N–H and O–H groups in total. The van der Waals surface area contributed by atoms with Gasteiger partial charge in [0.25, 0.3) is 0 Å². The molecule has 2 aromatic rings. The van der Waals surface area contributed by atoms with Crippen LogP contribution >= 0.6 is 11.6 Å². The molecule has 0 aliphatic heterocycles. The highest BCUT2D eigenvalue weighted by Crippen LogP contribution is 2.37. The van der Waals surface area contributed by atoms with E-state index in [2.05, 4.69) is 15.5 Å². The molecule has 0 saturated heterocycles. The number of carbonyl (C=O) groups excluding carboxylic acids is 1. The van der Waals surface area contributed by atoms with E-state index < -0.39 is 5.54 Å². The number of hydrogen-bond donors (Lipinski definition) is 1. The van der Waals surface area contributed by atoms with Crippen LogP contribution in [-0.4, -0.2) is 16.0 Å². The van der Waals surface area contributed by atoms with Crippen molar-refractivity contribution in [1.82, 2.24) is 15.5 Å². The Kier molecular flexibility index (Phi) is 4.48. The summed E-state index contributed by atoms with van der Waals surface area (Å²) in [5, 5.41) is 7.71. The van der Waals surface area contributed by atoms with Gasteiger partial charge in [-0.2, -0.15) is 4.98 Å². The molecule has 1 aromatic heterocycles. The van der Waals surface area contributed by atoms with Gasteiger partial charge in [0.2, 0.25) is 11.8 Å². The monoisotopic (exact) mass is 331 g/mol. The standard InChI is InChI=1S/C17H18ClN3O2/c1-12-19-16(21-23-12)17(9-2-3-10-17)20-15(22)8-7-13-5-4-6-14(18)11-13/h4-8,11H,2-3,9-10H2,1H3,(H,20,22)/b8-7+. The van der Waals surface area contributed by atoms with Crippen molar-refractivity contribution >= 4 is 23.6 Å². The lowest BCUT2D eigenvalue weighted by Crippen LogP contribution is -2.44. The third-order valence-electron chi connectivity index (χ3n) is 4.05. The first-order chi connectivity index (χ1) is 11.1. The van der Waals surface area contributed by atoms with Crippen LogP contribution in [0.25, 0.3) is 6.08 Å². The molecule has 1 aliphatic carbocycles. The van der Waals surface area contributed by atoms with Crippen LogP contribution in [0.15, 0.2) is 34.9 Å². The summed E-state index contributed by atoms with van der Waals surface area (Å²) < 4.78 is 5.08. The summed E-state index contributed by atoms with van der Waals surface area (Å²) >= 11 is 5.94. The quantitative estimate of drug-likeness (QED) is 0.869. The van der Waals surface area contributed by atoms with E-state index in [0.29, 0.717) is 16.7 Å². The maximum atomic E-state index is 12.3. The summed E-state index contributed by atoms with van der Waals surface area (Å²) in [6.07, 6.45) is 6.97. The molecule has 1 aliphatic rings. The van der Waals surface area contributed by atoms with Crippen molar-refractivity contribution in [2.24, 2.45) is 0 Å². The van der Waals surface area contributed by atoms with Gasteiger partial charge >= 0.3 is 0 Å². The second-order valence-electron chi connectivity index (χ2n) is 5.80. The Hall–Kier alpha value is -2.14. The smallest absolute Gasteiger partial charge is 0.244 e. The highest BCUT2D eigenvalue weighted by molar-refractivity contribution is 6.30. The predicted molar refractivity (Wildman–Crippen MR) is 87.8 cm³/mol. The van der Waals surface area contributed by atoms with E-state index in [0.717, 1.165) is 31.2 Å². The summed E-state index contributed by atoms with van der Waals surface area (Å²) in [6, 6.07) is 7.34. The van der Waals surface area contributed by atoms with Crippen molar-refractivity contribution in [3.63, 3.8) is 0 Å². The molecule has 120 valence electrons. The zero-order valence-electron chi connectivity index (χ0n) is 12.9. The van der Waals surface area contributed by atoms with Crippen LogP contribution in [-0.2, 0) is 10.3 Å². The minimum absolute atomic E-state index is 0.172. The molecule has 1 amide bonds. The molecule has 0 radical (unpaired) electrons. The van der Waals surface area contributed by atoms with Gasteiger partial charge in [0.1, 0.15) is 5.54 Å². The van der Waals surface area contributed by atoms with Gasteiger partial charge in [-0.3, -0.25) is 4.79 Å². The molecule has 0 spiro atoms. The molecule has 1 heterocycles. The molecule has 1 saturated carbocycles. The Balaban J connectivity index is 1.74. The number of benzene rings is 1. The number of rotatable bonds is 4. The lowest BCUT2D eigenvalue weighted by atomic mass is 9.96. The molecular formula is C17H18ClN3O2. The maximum absolute atomic E-state index is 12.3. The summed E-state index contributed by atoms with van der Waals surface area (Å²) in [7, 11) is 0. The van der Waals surface area contributed by atoms with Gasteiger partial charge in [0.15, 0.2) is 5.82 Å². The first-order valence-corrected chi connectivity index (χ1v) is 8.02. The van der Waals surface area contributed by atoms with Crippen molar-refractivity contribution in [3.8, 4) is 0 Å². The molecule has 0 atom stereocenters. The van der Waals surface area contributed by atoms with Gasteiger partial charge in [-0.15, -0.1) is 0 Å². The minimum atomic E-state index is -0.520. The number of amides is 1. The lowest BCUT2D eigenvalue weighted by molar-refractivity contribution is -0.118. The average molecular weight is 332 g/mol. The first kappa shape index (κ1) is 15.7. The summed E-state index contributed by atoms with van der Waals surface area (Å²) in [5.74, 6) is 0.904. The largest absolute Gasteiger partial charge is 0.340 e. The van der Waals surface area contributed by atoms with Crippen molar-refractivity contribution in [1.29, 1.82) is 0 Å². The molecule has 1 fully saturated rings. The van der Waals surface area contributed by atoms with Crippen molar-refractivity contribution < 1.29 is 9.32 Å².